The zero-order valence-corrected chi connectivity index (χ0v) is 15.4. The lowest BCUT2D eigenvalue weighted by Crippen LogP contribution is -2.47. The Morgan fingerprint density at radius 3 is 2.76 bits per heavy atom. The second kappa shape index (κ2) is 7.47. The number of nitrogens with zero attached hydrogens (tertiary/aromatic N) is 3. The highest BCUT2D eigenvalue weighted by atomic mass is 32.1. The van der Waals surface area contributed by atoms with Crippen LogP contribution < -0.4 is 0 Å². The van der Waals surface area contributed by atoms with Gasteiger partial charge in [-0.2, -0.15) is 11.3 Å². The normalized spacial score (nSPS) is 16.1. The number of piperazine rings is 1. The first-order valence-corrected chi connectivity index (χ1v) is 10.1. The summed E-state index contributed by atoms with van der Waals surface area (Å²) in [7, 11) is 0. The Morgan fingerprint density at radius 2 is 2.00 bits per heavy atom. The monoisotopic (exact) mass is 369 g/mol. The summed E-state index contributed by atoms with van der Waals surface area (Å²) in [4.78, 5) is 21.3. The van der Waals surface area contributed by atoms with Crippen LogP contribution in [0.3, 0.4) is 0 Å². The van der Waals surface area contributed by atoms with Crippen LogP contribution in [0, 0.1) is 0 Å². The van der Waals surface area contributed by atoms with Crippen molar-refractivity contribution in [3.63, 3.8) is 0 Å². The van der Waals surface area contributed by atoms with Gasteiger partial charge in [0.1, 0.15) is 5.01 Å². The van der Waals surface area contributed by atoms with Crippen molar-refractivity contribution >= 4 is 44.9 Å². The van der Waals surface area contributed by atoms with Crippen LogP contribution in [0.25, 0.3) is 16.3 Å². The number of para-hydroxylation sites is 1. The van der Waals surface area contributed by atoms with Gasteiger partial charge < -0.3 is 4.90 Å². The molecule has 2 aromatic heterocycles. The minimum absolute atomic E-state index is 0.103. The summed E-state index contributed by atoms with van der Waals surface area (Å²) in [6.07, 6.45) is 3.58. The number of hydrogen-bond donors (Lipinski definition) is 0. The minimum atomic E-state index is 0.103. The van der Waals surface area contributed by atoms with Crippen molar-refractivity contribution in [1.82, 2.24) is 14.8 Å². The van der Waals surface area contributed by atoms with Gasteiger partial charge in [0.25, 0.3) is 0 Å². The third-order valence-corrected chi connectivity index (χ3v) is 6.07. The number of hydrogen-bond acceptors (Lipinski definition) is 5. The molecule has 0 unspecified atom stereocenters. The maximum absolute atomic E-state index is 12.3. The SMILES string of the molecule is O=C(C=Cc1ccsc1)N1CCN(Cc2nc3ccccc3s2)CC1. The molecule has 0 bridgehead atoms. The number of carbonyl (C=O) groups excluding carboxylic acids is 1. The van der Waals surface area contributed by atoms with Crippen molar-refractivity contribution in [1.29, 1.82) is 0 Å². The first-order valence-electron chi connectivity index (χ1n) is 8.34. The number of benzene rings is 1. The Labute approximate surface area is 155 Å². The van der Waals surface area contributed by atoms with Gasteiger partial charge in [-0.1, -0.05) is 12.1 Å². The van der Waals surface area contributed by atoms with Crippen molar-refractivity contribution in [2.75, 3.05) is 26.2 Å². The van der Waals surface area contributed by atoms with Gasteiger partial charge in [0, 0.05) is 32.3 Å². The van der Waals surface area contributed by atoms with Gasteiger partial charge in [-0.25, -0.2) is 4.98 Å². The van der Waals surface area contributed by atoms with E-state index in [0.717, 1.165) is 48.8 Å². The molecule has 4 rings (SSSR count). The number of thiazole rings is 1. The standard InChI is InChI=1S/C19H19N3OS2/c23-19(6-5-15-7-12-24-14-15)22-10-8-21(9-11-22)13-18-20-16-3-1-2-4-17(16)25-18/h1-7,12,14H,8-11,13H2. The van der Waals surface area contributed by atoms with E-state index in [9.17, 15) is 4.79 Å². The first-order chi connectivity index (χ1) is 12.3. The summed E-state index contributed by atoms with van der Waals surface area (Å²) in [6, 6.07) is 10.3. The molecule has 1 aliphatic heterocycles. The summed E-state index contributed by atoms with van der Waals surface area (Å²) < 4.78 is 1.24. The molecule has 25 heavy (non-hydrogen) atoms. The van der Waals surface area contributed by atoms with Crippen LogP contribution in [0.15, 0.2) is 47.2 Å². The van der Waals surface area contributed by atoms with E-state index in [1.54, 1.807) is 28.7 Å². The summed E-state index contributed by atoms with van der Waals surface area (Å²) >= 11 is 3.40. The molecular weight excluding hydrogens is 350 g/mol. The number of thiophene rings is 1. The number of amides is 1. The van der Waals surface area contributed by atoms with Gasteiger partial charge in [0.15, 0.2) is 0 Å². The van der Waals surface area contributed by atoms with Crippen molar-refractivity contribution in [2.45, 2.75) is 6.54 Å². The zero-order chi connectivity index (χ0) is 17.1. The molecule has 0 radical (unpaired) electrons. The number of rotatable bonds is 4. The van der Waals surface area contributed by atoms with E-state index in [1.165, 1.54) is 4.70 Å². The van der Waals surface area contributed by atoms with Crippen molar-refractivity contribution in [2.24, 2.45) is 0 Å². The van der Waals surface area contributed by atoms with Crippen molar-refractivity contribution in [3.8, 4) is 0 Å². The molecule has 1 fully saturated rings. The average Bonchev–Trinajstić information content (AvgIpc) is 3.29. The number of fused-ring (bicyclic) bond motifs is 1. The maximum Gasteiger partial charge on any atom is 0.246 e. The van der Waals surface area contributed by atoms with E-state index in [1.807, 2.05) is 33.9 Å². The Balaban J connectivity index is 1.31. The molecule has 6 heteroatoms. The molecule has 0 atom stereocenters. The van der Waals surface area contributed by atoms with E-state index < -0.39 is 0 Å². The highest BCUT2D eigenvalue weighted by Crippen LogP contribution is 2.23. The lowest BCUT2D eigenvalue weighted by molar-refractivity contribution is -0.127. The predicted octanol–water partition coefficient (Wildman–Crippen LogP) is 3.72. The largest absolute Gasteiger partial charge is 0.337 e. The van der Waals surface area contributed by atoms with Crippen molar-refractivity contribution in [3.05, 3.63) is 57.7 Å². The molecule has 0 N–H and O–H groups in total. The van der Waals surface area contributed by atoms with E-state index in [0.29, 0.717) is 0 Å². The molecule has 1 aliphatic rings. The Bertz CT molecular complexity index is 844. The zero-order valence-electron chi connectivity index (χ0n) is 13.8. The van der Waals surface area contributed by atoms with Gasteiger partial charge in [-0.05, 0) is 40.6 Å². The van der Waals surface area contributed by atoms with Crippen LogP contribution in [-0.4, -0.2) is 46.9 Å². The lowest BCUT2D eigenvalue weighted by Gasteiger charge is -2.33. The smallest absolute Gasteiger partial charge is 0.246 e. The van der Waals surface area contributed by atoms with E-state index in [2.05, 4.69) is 23.1 Å². The molecule has 1 amide bonds. The highest BCUT2D eigenvalue weighted by molar-refractivity contribution is 7.18. The van der Waals surface area contributed by atoms with Crippen LogP contribution in [0.4, 0.5) is 0 Å². The van der Waals surface area contributed by atoms with Crippen LogP contribution in [-0.2, 0) is 11.3 Å². The molecule has 4 nitrogen and oxygen atoms in total. The third-order valence-electron chi connectivity index (χ3n) is 4.34. The Hall–Kier alpha value is -2.02. The van der Waals surface area contributed by atoms with Crippen LogP contribution in [0.1, 0.15) is 10.6 Å². The molecular formula is C19H19N3OS2. The van der Waals surface area contributed by atoms with Crippen LogP contribution >= 0.6 is 22.7 Å². The highest BCUT2D eigenvalue weighted by Gasteiger charge is 2.20. The fraction of sp³-hybridized carbons (Fsp3) is 0.263. The molecule has 3 aromatic rings. The number of aromatic nitrogens is 1. The van der Waals surface area contributed by atoms with E-state index >= 15 is 0 Å². The molecule has 1 saturated heterocycles. The van der Waals surface area contributed by atoms with Gasteiger partial charge in [0.2, 0.25) is 5.91 Å². The molecule has 3 heterocycles. The second-order valence-corrected chi connectivity index (χ2v) is 7.96. The summed E-state index contributed by atoms with van der Waals surface area (Å²) in [6.45, 7) is 4.21. The second-order valence-electron chi connectivity index (χ2n) is 6.07. The van der Waals surface area contributed by atoms with Gasteiger partial charge in [-0.15, -0.1) is 11.3 Å². The Morgan fingerprint density at radius 1 is 1.16 bits per heavy atom. The maximum atomic E-state index is 12.3. The van der Waals surface area contributed by atoms with Gasteiger partial charge >= 0.3 is 0 Å². The fourth-order valence-corrected chi connectivity index (χ4v) is 4.59. The van der Waals surface area contributed by atoms with Gasteiger partial charge in [0.05, 0.1) is 16.8 Å². The van der Waals surface area contributed by atoms with E-state index in [-0.39, 0.29) is 5.91 Å². The third kappa shape index (κ3) is 3.98. The predicted molar refractivity (Wildman–Crippen MR) is 105 cm³/mol. The van der Waals surface area contributed by atoms with Crippen molar-refractivity contribution < 1.29 is 4.79 Å². The topological polar surface area (TPSA) is 36.4 Å². The van der Waals surface area contributed by atoms with Crippen LogP contribution in [0.5, 0.6) is 0 Å². The minimum Gasteiger partial charge on any atom is -0.337 e. The molecule has 0 aliphatic carbocycles. The molecule has 128 valence electrons. The molecule has 0 spiro atoms. The summed E-state index contributed by atoms with van der Waals surface area (Å²) in [5.41, 5.74) is 2.17. The fourth-order valence-electron chi connectivity index (χ4n) is 2.95. The van der Waals surface area contributed by atoms with Crippen LogP contribution in [0.2, 0.25) is 0 Å². The quantitative estimate of drug-likeness (QED) is 0.658. The number of carbonyl (C=O) groups is 1. The first kappa shape index (κ1) is 16.4. The average molecular weight is 370 g/mol. The molecule has 0 saturated carbocycles. The summed E-state index contributed by atoms with van der Waals surface area (Å²) in [5.74, 6) is 0.103. The molecule has 1 aromatic carbocycles. The Kier molecular flexibility index (Phi) is 4.92. The summed E-state index contributed by atoms with van der Waals surface area (Å²) in [5, 5.41) is 5.21. The van der Waals surface area contributed by atoms with Gasteiger partial charge in [-0.3, -0.25) is 9.69 Å². The lowest BCUT2D eigenvalue weighted by atomic mass is 10.2. The van der Waals surface area contributed by atoms with E-state index in [4.69, 9.17) is 4.98 Å².